The van der Waals surface area contributed by atoms with Crippen LogP contribution in [0, 0.1) is 0 Å². The number of esters is 1. The van der Waals surface area contributed by atoms with Crippen molar-refractivity contribution in [2.24, 2.45) is 0 Å². The molecule has 0 radical (unpaired) electrons. The number of methoxy groups -OCH3 is 1. The lowest BCUT2D eigenvalue weighted by atomic mass is 9.57. The Bertz CT molecular complexity index is 827. The largest absolute Gasteiger partial charge is 0.453 e. The normalized spacial score (nSPS) is 36.9. The number of aliphatic hydroxyl groups is 3. The van der Waals surface area contributed by atoms with E-state index in [0.29, 0.717) is 5.56 Å². The molecule has 0 amide bonds. The van der Waals surface area contributed by atoms with Crippen LogP contribution in [0.2, 0.25) is 0 Å². The predicted octanol–water partition coefficient (Wildman–Crippen LogP) is 0.834. The number of carbonyl (C=O) groups excluding carboxylic acids is 1. The monoisotopic (exact) mass is 386 g/mol. The molecule has 2 unspecified atom stereocenters. The Labute approximate surface area is 162 Å². The Hall–Kier alpha value is -2.29. The molecule has 1 saturated heterocycles. The highest BCUT2D eigenvalue weighted by atomic mass is 16.7. The van der Waals surface area contributed by atoms with Crippen LogP contribution in [0.5, 0.6) is 0 Å². The van der Waals surface area contributed by atoms with Crippen molar-refractivity contribution in [3.63, 3.8) is 0 Å². The number of hydrogen-bond acceptors (Lipinski definition) is 7. The van der Waals surface area contributed by atoms with Gasteiger partial charge in [-0.3, -0.25) is 0 Å². The van der Waals surface area contributed by atoms with Crippen LogP contribution in [0.25, 0.3) is 0 Å². The van der Waals surface area contributed by atoms with E-state index in [2.05, 4.69) is 0 Å². The number of carbonyl (C=O) groups is 1. The first kappa shape index (κ1) is 19.0. The molecule has 7 heteroatoms. The van der Waals surface area contributed by atoms with Crippen molar-refractivity contribution in [3.05, 3.63) is 71.8 Å². The summed E-state index contributed by atoms with van der Waals surface area (Å²) >= 11 is 0. The molecule has 148 valence electrons. The summed E-state index contributed by atoms with van der Waals surface area (Å²) < 4.78 is 16.2. The van der Waals surface area contributed by atoms with Crippen molar-refractivity contribution in [3.8, 4) is 0 Å². The zero-order valence-corrected chi connectivity index (χ0v) is 15.2. The number of aliphatic hydroxyl groups excluding tert-OH is 2. The molecular weight excluding hydrogens is 364 g/mol. The molecule has 4 rings (SSSR count). The molecular formula is C21H22O7. The first-order valence-corrected chi connectivity index (χ1v) is 9.06. The van der Waals surface area contributed by atoms with E-state index in [9.17, 15) is 20.1 Å². The Kier molecular flexibility index (Phi) is 4.95. The van der Waals surface area contributed by atoms with Crippen LogP contribution in [0.1, 0.15) is 21.8 Å². The number of ether oxygens (including phenoxy) is 3. The Balaban J connectivity index is 1.69. The van der Waals surface area contributed by atoms with E-state index in [-0.39, 0.29) is 5.56 Å². The van der Waals surface area contributed by atoms with Crippen molar-refractivity contribution in [1.29, 1.82) is 0 Å². The molecule has 1 aliphatic heterocycles. The van der Waals surface area contributed by atoms with E-state index in [1.54, 1.807) is 54.6 Å². The molecule has 28 heavy (non-hydrogen) atoms. The molecule has 2 aromatic rings. The smallest absolute Gasteiger partial charge is 0.338 e. The molecule has 0 spiro atoms. The second-order valence-electron chi connectivity index (χ2n) is 7.11. The lowest BCUT2D eigenvalue weighted by Crippen LogP contribution is -2.80. The molecule has 2 fully saturated rings. The van der Waals surface area contributed by atoms with Gasteiger partial charge in [0.25, 0.3) is 0 Å². The maximum absolute atomic E-state index is 12.6. The molecule has 7 nitrogen and oxygen atoms in total. The fraction of sp³-hybridized carbons (Fsp3) is 0.381. The van der Waals surface area contributed by atoms with Gasteiger partial charge in [-0.25, -0.2) is 4.79 Å². The number of hydrogen-bond donors (Lipinski definition) is 3. The fourth-order valence-electron chi connectivity index (χ4n) is 4.19. The van der Waals surface area contributed by atoms with Gasteiger partial charge in [-0.1, -0.05) is 48.5 Å². The summed E-state index contributed by atoms with van der Waals surface area (Å²) in [5.74, 6) is -1.48. The standard InChI is InChI=1S/C21H22O7/c1-26-20-16(23)18(27-19(24)13-10-6-3-7-11-13)21(25)14(15(22)17(21)28-20)12-8-4-2-5-9-12/h2-11,14-18,20,22-23,25H,1H3/t14?,15?,16-,17-,18-,20+,21+/m1/s1. The van der Waals surface area contributed by atoms with Gasteiger partial charge in [0.1, 0.15) is 17.8 Å². The van der Waals surface area contributed by atoms with Gasteiger partial charge in [-0.15, -0.1) is 0 Å². The molecule has 0 aromatic heterocycles. The second kappa shape index (κ2) is 7.27. The van der Waals surface area contributed by atoms with E-state index in [1.165, 1.54) is 7.11 Å². The van der Waals surface area contributed by atoms with Crippen molar-refractivity contribution in [2.45, 2.75) is 42.2 Å². The maximum atomic E-state index is 12.6. The Morgan fingerprint density at radius 1 is 1.00 bits per heavy atom. The minimum Gasteiger partial charge on any atom is -0.453 e. The molecule has 2 aliphatic rings. The van der Waals surface area contributed by atoms with Gasteiger partial charge in [-0.05, 0) is 17.7 Å². The van der Waals surface area contributed by atoms with Gasteiger partial charge < -0.3 is 29.5 Å². The minimum atomic E-state index is -1.81. The van der Waals surface area contributed by atoms with Crippen LogP contribution < -0.4 is 0 Å². The van der Waals surface area contributed by atoms with Crippen LogP contribution in [0.4, 0.5) is 0 Å². The Morgan fingerprint density at radius 3 is 2.21 bits per heavy atom. The molecule has 7 atom stereocenters. The number of rotatable bonds is 4. The zero-order chi connectivity index (χ0) is 19.9. The first-order chi connectivity index (χ1) is 13.5. The van der Waals surface area contributed by atoms with Crippen molar-refractivity contribution in [1.82, 2.24) is 0 Å². The predicted molar refractivity (Wildman–Crippen MR) is 97.5 cm³/mol. The van der Waals surface area contributed by atoms with E-state index < -0.39 is 48.2 Å². The minimum absolute atomic E-state index is 0.284. The SMILES string of the molecule is CO[C@H]1O[C@@H]2C(O)C(c3ccccc3)[C@@]2(O)[C@H](OC(=O)c2ccccc2)[C@H]1O. The van der Waals surface area contributed by atoms with Crippen molar-refractivity contribution in [2.75, 3.05) is 7.11 Å². The van der Waals surface area contributed by atoms with Crippen molar-refractivity contribution >= 4 is 5.97 Å². The molecule has 0 bridgehead atoms. The lowest BCUT2D eigenvalue weighted by molar-refractivity contribution is -0.382. The van der Waals surface area contributed by atoms with E-state index >= 15 is 0 Å². The number of fused-ring (bicyclic) bond motifs is 1. The van der Waals surface area contributed by atoms with E-state index in [0.717, 1.165) is 0 Å². The summed E-state index contributed by atoms with van der Waals surface area (Å²) in [5.41, 5.74) is -0.868. The van der Waals surface area contributed by atoms with Gasteiger partial charge in [0.15, 0.2) is 12.4 Å². The van der Waals surface area contributed by atoms with E-state index in [1.807, 2.05) is 6.07 Å². The molecule has 2 aromatic carbocycles. The summed E-state index contributed by atoms with van der Waals surface area (Å²) in [6.45, 7) is 0. The van der Waals surface area contributed by atoms with Crippen molar-refractivity contribution < 1.29 is 34.3 Å². The van der Waals surface area contributed by atoms with Gasteiger partial charge >= 0.3 is 5.97 Å². The van der Waals surface area contributed by atoms with Crippen LogP contribution >= 0.6 is 0 Å². The third-order valence-electron chi connectivity index (χ3n) is 5.57. The average Bonchev–Trinajstić information content (AvgIpc) is 2.72. The van der Waals surface area contributed by atoms with Crippen LogP contribution in [0.15, 0.2) is 60.7 Å². The molecule has 1 saturated carbocycles. The summed E-state index contributed by atoms with van der Waals surface area (Å²) in [4.78, 5) is 12.6. The highest BCUT2D eigenvalue weighted by Gasteiger charge is 2.72. The summed E-state index contributed by atoms with van der Waals surface area (Å²) in [6, 6.07) is 17.2. The molecule has 1 aliphatic carbocycles. The highest BCUT2D eigenvalue weighted by molar-refractivity contribution is 5.89. The molecule has 1 heterocycles. The van der Waals surface area contributed by atoms with Crippen LogP contribution in [-0.4, -0.2) is 64.7 Å². The summed E-state index contributed by atoms with van der Waals surface area (Å²) in [7, 11) is 1.33. The highest BCUT2D eigenvalue weighted by Crippen LogP contribution is 2.54. The van der Waals surface area contributed by atoms with Gasteiger partial charge in [-0.2, -0.15) is 0 Å². The summed E-state index contributed by atoms with van der Waals surface area (Å²) in [6.07, 6.45) is -6.05. The van der Waals surface area contributed by atoms with Crippen LogP contribution in [0.3, 0.4) is 0 Å². The maximum Gasteiger partial charge on any atom is 0.338 e. The molecule has 3 N–H and O–H groups in total. The summed E-state index contributed by atoms with van der Waals surface area (Å²) in [5, 5.41) is 32.8. The zero-order valence-electron chi connectivity index (χ0n) is 15.2. The Morgan fingerprint density at radius 2 is 1.61 bits per heavy atom. The second-order valence-corrected chi connectivity index (χ2v) is 7.11. The average molecular weight is 386 g/mol. The third kappa shape index (κ3) is 2.83. The number of benzene rings is 2. The fourth-order valence-corrected chi connectivity index (χ4v) is 4.19. The quantitative estimate of drug-likeness (QED) is 0.669. The van der Waals surface area contributed by atoms with Gasteiger partial charge in [0.2, 0.25) is 0 Å². The third-order valence-corrected chi connectivity index (χ3v) is 5.57. The van der Waals surface area contributed by atoms with Gasteiger partial charge in [0.05, 0.1) is 11.7 Å². The lowest BCUT2D eigenvalue weighted by Gasteiger charge is -2.62. The van der Waals surface area contributed by atoms with E-state index in [4.69, 9.17) is 14.2 Å². The van der Waals surface area contributed by atoms with Gasteiger partial charge in [0, 0.05) is 13.0 Å². The first-order valence-electron chi connectivity index (χ1n) is 9.06. The topological polar surface area (TPSA) is 105 Å². The van der Waals surface area contributed by atoms with Crippen LogP contribution in [-0.2, 0) is 14.2 Å².